The summed E-state index contributed by atoms with van der Waals surface area (Å²) in [4.78, 5) is 10.9. The van der Waals surface area contributed by atoms with E-state index in [1.807, 2.05) is 24.4 Å². The summed E-state index contributed by atoms with van der Waals surface area (Å²) in [7, 11) is 2.12. The molecule has 0 heterocycles. The van der Waals surface area contributed by atoms with E-state index in [1.54, 1.807) is 0 Å². The second kappa shape index (κ2) is 7.54. The van der Waals surface area contributed by atoms with Gasteiger partial charge < -0.3 is 4.74 Å². The van der Waals surface area contributed by atoms with Gasteiger partial charge in [-0.2, -0.15) is 0 Å². The third-order valence-electron chi connectivity index (χ3n) is 3.05. The smallest absolute Gasteiger partial charge is 0.330 e. The molecule has 0 bridgehead atoms. The van der Waals surface area contributed by atoms with Crippen molar-refractivity contribution in [2.75, 3.05) is 20.2 Å². The average molecular weight is 260 g/mol. The predicted molar refractivity (Wildman–Crippen MR) is 77.2 cm³/mol. The van der Waals surface area contributed by atoms with Gasteiger partial charge in [0.15, 0.2) is 0 Å². The lowest BCUT2D eigenvalue weighted by Crippen LogP contribution is -2.38. The van der Waals surface area contributed by atoms with Crippen LogP contribution in [0.3, 0.4) is 0 Å². The van der Waals surface area contributed by atoms with Gasteiger partial charge in [0.1, 0.15) is 6.54 Å². The van der Waals surface area contributed by atoms with Crippen molar-refractivity contribution in [2.24, 2.45) is 0 Å². The molecule has 1 aromatic carbocycles. The molecule has 0 amide bonds. The normalized spacial score (nSPS) is 13.3. The Morgan fingerprint density at radius 2 is 2.00 bits per heavy atom. The number of rotatable bonds is 8. The molecule has 0 aliphatic rings. The van der Waals surface area contributed by atoms with Crippen molar-refractivity contribution in [2.45, 2.75) is 13.0 Å². The second-order valence-corrected chi connectivity index (χ2v) is 4.75. The van der Waals surface area contributed by atoms with Crippen molar-refractivity contribution in [1.29, 1.82) is 0 Å². The minimum atomic E-state index is -0.365. The maximum Gasteiger partial charge on any atom is 0.330 e. The molecule has 19 heavy (non-hydrogen) atoms. The van der Waals surface area contributed by atoms with Crippen molar-refractivity contribution < 1.29 is 14.0 Å². The fraction of sp³-hybridized carbons (Fsp3) is 0.312. The van der Waals surface area contributed by atoms with E-state index in [4.69, 9.17) is 4.74 Å². The number of hydrogen-bond donors (Lipinski definition) is 0. The quantitative estimate of drug-likeness (QED) is 0.311. The second-order valence-electron chi connectivity index (χ2n) is 4.75. The highest BCUT2D eigenvalue weighted by Crippen LogP contribution is 2.13. The first kappa shape index (κ1) is 15.2. The molecule has 0 N–H and O–H groups in total. The summed E-state index contributed by atoms with van der Waals surface area (Å²) in [6.07, 6.45) is 3.92. The van der Waals surface area contributed by atoms with E-state index in [-0.39, 0.29) is 5.97 Å². The van der Waals surface area contributed by atoms with Crippen LogP contribution in [0.2, 0.25) is 0 Å². The van der Waals surface area contributed by atoms with E-state index in [1.165, 1.54) is 11.6 Å². The van der Waals surface area contributed by atoms with E-state index in [0.717, 1.165) is 24.0 Å². The van der Waals surface area contributed by atoms with E-state index < -0.39 is 0 Å². The predicted octanol–water partition coefficient (Wildman–Crippen LogP) is 2.90. The fourth-order valence-electron chi connectivity index (χ4n) is 1.89. The van der Waals surface area contributed by atoms with Crippen LogP contribution >= 0.6 is 0 Å². The molecule has 102 valence electrons. The van der Waals surface area contributed by atoms with Crippen molar-refractivity contribution >= 4 is 5.97 Å². The number of quaternary nitrogens is 1. The van der Waals surface area contributed by atoms with Gasteiger partial charge in [-0.3, -0.25) is 4.48 Å². The van der Waals surface area contributed by atoms with Crippen LogP contribution < -0.4 is 0 Å². The van der Waals surface area contributed by atoms with E-state index in [9.17, 15) is 4.79 Å². The highest BCUT2D eigenvalue weighted by Gasteiger charge is 2.18. The third-order valence-corrected chi connectivity index (χ3v) is 3.05. The molecule has 0 radical (unpaired) electrons. The monoisotopic (exact) mass is 260 g/mol. The summed E-state index contributed by atoms with van der Waals surface area (Å²) in [6.45, 7) is 9.46. The number of benzene rings is 1. The first-order valence-corrected chi connectivity index (χ1v) is 6.40. The van der Waals surface area contributed by atoms with Gasteiger partial charge in [-0.1, -0.05) is 36.9 Å². The Hall–Kier alpha value is -1.87. The van der Waals surface area contributed by atoms with Gasteiger partial charge >= 0.3 is 5.97 Å². The minimum absolute atomic E-state index is 0.365. The zero-order valence-electron chi connectivity index (χ0n) is 11.5. The summed E-state index contributed by atoms with van der Waals surface area (Å²) in [6, 6.07) is 10.3. The van der Waals surface area contributed by atoms with Crippen LogP contribution in [-0.4, -0.2) is 30.7 Å². The molecule has 0 aromatic heterocycles. The lowest BCUT2D eigenvalue weighted by atomic mass is 10.2. The Labute approximate surface area is 115 Å². The Balaban J connectivity index is 2.44. The number of carbonyl (C=O) groups excluding carboxylic acids is 1. The Morgan fingerprint density at radius 1 is 1.32 bits per heavy atom. The van der Waals surface area contributed by atoms with Crippen LogP contribution in [0.15, 0.2) is 55.8 Å². The fourth-order valence-corrected chi connectivity index (χ4v) is 1.89. The molecule has 1 unspecified atom stereocenters. The van der Waals surface area contributed by atoms with Crippen LogP contribution in [0.5, 0.6) is 0 Å². The van der Waals surface area contributed by atoms with Crippen molar-refractivity contribution in [3.05, 3.63) is 61.3 Å². The molecule has 1 aromatic rings. The van der Waals surface area contributed by atoms with Gasteiger partial charge in [-0.25, -0.2) is 4.79 Å². The molecule has 1 rings (SSSR count). The third kappa shape index (κ3) is 5.53. The van der Waals surface area contributed by atoms with Gasteiger partial charge in [-0.15, -0.1) is 0 Å². The summed E-state index contributed by atoms with van der Waals surface area (Å²) >= 11 is 0. The number of ether oxygens (including phenoxy) is 1. The molecule has 0 spiro atoms. The van der Waals surface area contributed by atoms with E-state index in [0.29, 0.717) is 6.61 Å². The zero-order chi connectivity index (χ0) is 14.1. The maximum atomic E-state index is 10.9. The largest absolute Gasteiger partial charge is 0.462 e. The van der Waals surface area contributed by atoms with Crippen LogP contribution in [0, 0.1) is 0 Å². The van der Waals surface area contributed by atoms with Crippen LogP contribution in [0.25, 0.3) is 0 Å². The highest BCUT2D eigenvalue weighted by atomic mass is 16.5. The molecule has 3 nitrogen and oxygen atoms in total. The SMILES string of the molecule is C=CC(=O)OCCC[N+](C)(C=C)Cc1ccccc1. The Morgan fingerprint density at radius 3 is 2.58 bits per heavy atom. The topological polar surface area (TPSA) is 26.3 Å². The summed E-state index contributed by atoms with van der Waals surface area (Å²) in [5.74, 6) is -0.365. The highest BCUT2D eigenvalue weighted by molar-refractivity contribution is 5.81. The Bertz CT molecular complexity index is 428. The summed E-state index contributed by atoms with van der Waals surface area (Å²) in [5.41, 5.74) is 1.27. The van der Waals surface area contributed by atoms with Crippen molar-refractivity contribution in [1.82, 2.24) is 0 Å². The summed E-state index contributed by atoms with van der Waals surface area (Å²) < 4.78 is 5.70. The van der Waals surface area contributed by atoms with Crippen molar-refractivity contribution in [3.8, 4) is 0 Å². The summed E-state index contributed by atoms with van der Waals surface area (Å²) in [5, 5.41) is 0. The van der Waals surface area contributed by atoms with Crippen LogP contribution in [-0.2, 0) is 16.1 Å². The molecule has 0 saturated carbocycles. The first-order chi connectivity index (χ1) is 9.09. The molecular weight excluding hydrogens is 238 g/mol. The molecule has 0 aliphatic heterocycles. The maximum absolute atomic E-state index is 10.9. The molecule has 0 fully saturated rings. The lowest BCUT2D eigenvalue weighted by molar-refractivity contribution is -0.873. The van der Waals surface area contributed by atoms with Gasteiger partial charge in [0, 0.05) is 18.1 Å². The standard InChI is InChI=1S/C16H22NO2/c1-4-16(18)19-13-9-12-17(3,5-2)14-15-10-7-6-8-11-15/h4-8,10-11H,1-2,9,12-14H2,3H3/q+1. The number of esters is 1. The zero-order valence-corrected chi connectivity index (χ0v) is 11.5. The molecule has 0 aliphatic carbocycles. The van der Waals surface area contributed by atoms with Crippen molar-refractivity contribution in [3.63, 3.8) is 0 Å². The molecule has 0 saturated heterocycles. The van der Waals surface area contributed by atoms with Crippen LogP contribution in [0.1, 0.15) is 12.0 Å². The molecule has 1 atom stereocenters. The van der Waals surface area contributed by atoms with Gasteiger partial charge in [0.2, 0.25) is 0 Å². The average Bonchev–Trinajstić information content (AvgIpc) is 2.44. The number of hydrogen-bond acceptors (Lipinski definition) is 2. The van der Waals surface area contributed by atoms with Gasteiger partial charge in [0.25, 0.3) is 0 Å². The number of carbonyl (C=O) groups is 1. The van der Waals surface area contributed by atoms with Crippen LogP contribution in [0.4, 0.5) is 0 Å². The lowest BCUT2D eigenvalue weighted by Gasteiger charge is -2.30. The van der Waals surface area contributed by atoms with E-state index >= 15 is 0 Å². The molecule has 3 heteroatoms. The van der Waals surface area contributed by atoms with Gasteiger partial charge in [0.05, 0.1) is 26.4 Å². The minimum Gasteiger partial charge on any atom is -0.462 e. The number of nitrogens with zero attached hydrogens (tertiary/aromatic N) is 1. The van der Waals surface area contributed by atoms with E-state index in [2.05, 4.69) is 32.3 Å². The Kier molecular flexibility index (Phi) is 6.03. The first-order valence-electron chi connectivity index (χ1n) is 6.40. The molecular formula is C16H22NO2+. The van der Waals surface area contributed by atoms with Gasteiger partial charge in [-0.05, 0) is 6.58 Å².